The average molecular weight is 283 g/mol. The third-order valence-electron chi connectivity index (χ3n) is 2.02. The van der Waals surface area contributed by atoms with Crippen molar-refractivity contribution in [2.75, 3.05) is 11.1 Å². The monoisotopic (exact) mass is 282 g/mol. The molecular weight excluding hydrogens is 272 g/mol. The number of anilines is 1. The van der Waals surface area contributed by atoms with Crippen LogP contribution in [-0.2, 0) is 0 Å². The number of nitrogen functional groups attached to an aromatic ring is 1. The molecule has 1 aromatic carbocycles. The fourth-order valence-electron chi connectivity index (χ4n) is 1.35. The van der Waals surface area contributed by atoms with Crippen LogP contribution in [0.4, 0.5) is 5.13 Å². The molecule has 2 N–H and O–H groups in total. The van der Waals surface area contributed by atoms with E-state index in [1.807, 2.05) is 6.07 Å². The van der Waals surface area contributed by atoms with Crippen LogP contribution in [0.2, 0.25) is 0 Å². The molecule has 0 aliphatic heterocycles. The Balaban J connectivity index is 2.30. The number of thiazole rings is 1. The van der Waals surface area contributed by atoms with Crippen molar-refractivity contribution < 1.29 is 0 Å². The van der Waals surface area contributed by atoms with Crippen LogP contribution in [0.15, 0.2) is 24.3 Å². The molecule has 0 fully saturated rings. The fourth-order valence-corrected chi connectivity index (χ4v) is 2.39. The molecule has 0 amide bonds. The van der Waals surface area contributed by atoms with E-state index in [1.165, 1.54) is 16.9 Å². The van der Waals surface area contributed by atoms with Gasteiger partial charge in [-0.05, 0) is 24.1 Å². The molecule has 4 heteroatoms. The second kappa shape index (κ2) is 4.77. The summed E-state index contributed by atoms with van der Waals surface area (Å²) in [4.78, 5) is 4.22. The molecule has 78 valence electrons. The predicted octanol–water partition coefficient (Wildman–Crippen LogP) is 3.68. The number of rotatable bonds is 3. The number of allylic oxidation sites excluding steroid dienone is 1. The Morgan fingerprint density at radius 3 is 3.13 bits per heavy atom. The van der Waals surface area contributed by atoms with Crippen molar-refractivity contribution in [2.45, 2.75) is 6.42 Å². The van der Waals surface area contributed by atoms with Crippen molar-refractivity contribution >= 4 is 48.7 Å². The Hall–Kier alpha value is -0.870. The van der Waals surface area contributed by atoms with Crippen molar-refractivity contribution in [1.29, 1.82) is 0 Å². The van der Waals surface area contributed by atoms with Gasteiger partial charge in [0.25, 0.3) is 0 Å². The van der Waals surface area contributed by atoms with Gasteiger partial charge in [-0.1, -0.05) is 45.5 Å². The highest BCUT2D eigenvalue weighted by molar-refractivity contribution is 9.09. The lowest BCUT2D eigenvalue weighted by atomic mass is 10.2. The van der Waals surface area contributed by atoms with E-state index in [0.29, 0.717) is 5.13 Å². The van der Waals surface area contributed by atoms with Gasteiger partial charge in [-0.2, -0.15) is 0 Å². The second-order valence-corrected chi connectivity index (χ2v) is 5.01. The summed E-state index contributed by atoms with van der Waals surface area (Å²) in [6, 6.07) is 6.19. The summed E-state index contributed by atoms with van der Waals surface area (Å²) >= 11 is 4.92. The maximum Gasteiger partial charge on any atom is 0.181 e. The van der Waals surface area contributed by atoms with Crippen LogP contribution >= 0.6 is 27.3 Å². The van der Waals surface area contributed by atoms with Crippen molar-refractivity contribution in [2.24, 2.45) is 0 Å². The number of hydrogen-bond donors (Lipinski definition) is 1. The van der Waals surface area contributed by atoms with Crippen LogP contribution < -0.4 is 5.73 Å². The van der Waals surface area contributed by atoms with Gasteiger partial charge >= 0.3 is 0 Å². The fraction of sp³-hybridized carbons (Fsp3) is 0.182. The summed E-state index contributed by atoms with van der Waals surface area (Å²) < 4.78 is 1.15. The molecule has 0 atom stereocenters. The van der Waals surface area contributed by atoms with Crippen molar-refractivity contribution in [3.8, 4) is 0 Å². The number of halogens is 1. The lowest BCUT2D eigenvalue weighted by Gasteiger charge is -1.92. The normalized spacial score (nSPS) is 11.5. The highest BCUT2D eigenvalue weighted by Gasteiger charge is 1.99. The minimum Gasteiger partial charge on any atom is -0.375 e. The first-order valence-electron chi connectivity index (χ1n) is 4.68. The number of fused-ring (bicyclic) bond motifs is 1. The highest BCUT2D eigenvalue weighted by atomic mass is 79.9. The summed E-state index contributed by atoms with van der Waals surface area (Å²) in [6.45, 7) is 0. The van der Waals surface area contributed by atoms with Crippen LogP contribution in [0.1, 0.15) is 12.0 Å². The topological polar surface area (TPSA) is 38.9 Å². The SMILES string of the molecule is Nc1nc2ccc(C=CCCBr)cc2s1. The molecule has 1 heterocycles. The van der Waals surface area contributed by atoms with Gasteiger partial charge in [-0.3, -0.25) is 0 Å². The smallest absolute Gasteiger partial charge is 0.181 e. The van der Waals surface area contributed by atoms with Crippen molar-refractivity contribution in [3.63, 3.8) is 0 Å². The average Bonchev–Trinajstić information content (AvgIpc) is 2.57. The van der Waals surface area contributed by atoms with Gasteiger partial charge in [0, 0.05) is 5.33 Å². The van der Waals surface area contributed by atoms with Gasteiger partial charge in [0.1, 0.15) is 0 Å². The Bertz CT molecular complexity index is 490. The van der Waals surface area contributed by atoms with E-state index in [0.717, 1.165) is 22.0 Å². The van der Waals surface area contributed by atoms with E-state index in [2.05, 4.69) is 45.2 Å². The molecule has 0 aliphatic rings. The molecular formula is C11H11BrN2S. The molecule has 2 rings (SSSR count). The third-order valence-corrected chi connectivity index (χ3v) is 3.32. The molecule has 0 radical (unpaired) electrons. The Labute approximate surface area is 101 Å². The van der Waals surface area contributed by atoms with Crippen molar-refractivity contribution in [1.82, 2.24) is 4.98 Å². The van der Waals surface area contributed by atoms with Gasteiger partial charge in [0.2, 0.25) is 0 Å². The summed E-state index contributed by atoms with van der Waals surface area (Å²) in [7, 11) is 0. The zero-order valence-electron chi connectivity index (χ0n) is 8.11. The molecule has 2 aromatic rings. The maximum atomic E-state index is 5.65. The van der Waals surface area contributed by atoms with E-state index < -0.39 is 0 Å². The molecule has 0 unspecified atom stereocenters. The van der Waals surface area contributed by atoms with Crippen LogP contribution in [0, 0.1) is 0 Å². The summed E-state index contributed by atoms with van der Waals surface area (Å²) in [5.41, 5.74) is 7.83. The van der Waals surface area contributed by atoms with Crippen LogP contribution in [-0.4, -0.2) is 10.3 Å². The summed E-state index contributed by atoms with van der Waals surface area (Å²) in [5.74, 6) is 0. The van der Waals surface area contributed by atoms with Gasteiger partial charge < -0.3 is 5.73 Å². The maximum absolute atomic E-state index is 5.65. The van der Waals surface area contributed by atoms with E-state index in [9.17, 15) is 0 Å². The minimum absolute atomic E-state index is 0.631. The zero-order valence-corrected chi connectivity index (χ0v) is 10.5. The number of benzene rings is 1. The molecule has 0 spiro atoms. The molecule has 15 heavy (non-hydrogen) atoms. The standard InChI is InChI=1S/C11H11BrN2S/c12-6-2-1-3-8-4-5-9-10(7-8)15-11(13)14-9/h1,3-5,7H,2,6H2,(H2,13,14). The molecule has 2 nitrogen and oxygen atoms in total. The van der Waals surface area contributed by atoms with Crippen LogP contribution in [0.5, 0.6) is 0 Å². The summed E-state index contributed by atoms with van der Waals surface area (Å²) in [6.07, 6.45) is 5.32. The predicted molar refractivity (Wildman–Crippen MR) is 71.5 cm³/mol. The number of hydrogen-bond acceptors (Lipinski definition) is 3. The minimum atomic E-state index is 0.631. The highest BCUT2D eigenvalue weighted by Crippen LogP contribution is 2.24. The lowest BCUT2D eigenvalue weighted by molar-refractivity contribution is 1.27. The Morgan fingerprint density at radius 2 is 2.33 bits per heavy atom. The largest absolute Gasteiger partial charge is 0.375 e. The second-order valence-electron chi connectivity index (χ2n) is 3.16. The summed E-state index contributed by atoms with van der Waals surface area (Å²) in [5, 5.41) is 1.63. The van der Waals surface area contributed by atoms with Crippen LogP contribution in [0.25, 0.3) is 16.3 Å². The molecule has 1 aromatic heterocycles. The molecule has 0 saturated heterocycles. The van der Waals surface area contributed by atoms with Gasteiger partial charge in [-0.25, -0.2) is 4.98 Å². The Morgan fingerprint density at radius 1 is 1.47 bits per heavy atom. The number of nitrogens with zero attached hydrogens (tertiary/aromatic N) is 1. The van der Waals surface area contributed by atoms with Crippen LogP contribution in [0.3, 0.4) is 0 Å². The first kappa shape index (κ1) is 10.6. The lowest BCUT2D eigenvalue weighted by Crippen LogP contribution is -1.79. The van der Waals surface area contributed by atoms with Gasteiger partial charge in [0.15, 0.2) is 5.13 Å². The number of alkyl halides is 1. The third kappa shape index (κ3) is 2.58. The van der Waals surface area contributed by atoms with Crippen molar-refractivity contribution in [3.05, 3.63) is 29.8 Å². The van der Waals surface area contributed by atoms with E-state index >= 15 is 0 Å². The molecule has 0 bridgehead atoms. The van der Waals surface area contributed by atoms with E-state index in [1.54, 1.807) is 0 Å². The van der Waals surface area contributed by atoms with E-state index in [4.69, 9.17) is 5.73 Å². The van der Waals surface area contributed by atoms with Gasteiger partial charge in [0.05, 0.1) is 10.2 Å². The van der Waals surface area contributed by atoms with Gasteiger partial charge in [-0.15, -0.1) is 0 Å². The number of aromatic nitrogens is 1. The quantitative estimate of drug-likeness (QED) is 0.873. The number of nitrogens with two attached hydrogens (primary N) is 1. The molecule has 0 aliphatic carbocycles. The first-order chi connectivity index (χ1) is 7.29. The molecule has 0 saturated carbocycles. The van der Waals surface area contributed by atoms with E-state index in [-0.39, 0.29) is 0 Å². The Kier molecular flexibility index (Phi) is 3.38. The first-order valence-corrected chi connectivity index (χ1v) is 6.62. The zero-order chi connectivity index (χ0) is 10.7.